The van der Waals surface area contributed by atoms with Crippen molar-refractivity contribution in [3.8, 4) is 11.6 Å². The zero-order valence-electron chi connectivity index (χ0n) is 15.6. The van der Waals surface area contributed by atoms with Crippen LogP contribution in [-0.4, -0.2) is 26.4 Å². The third-order valence-corrected chi connectivity index (χ3v) is 3.75. The average molecular weight is 435 g/mol. The second kappa shape index (κ2) is 8.73. The fraction of sp³-hybridized carbons (Fsp3) is 0.0556. The van der Waals surface area contributed by atoms with Gasteiger partial charge in [0.15, 0.2) is 0 Å². The van der Waals surface area contributed by atoms with Crippen LogP contribution in [0, 0.1) is 0 Å². The SMILES string of the molecule is NC(=O)c1cc(NN(O)Nc2ccc(Oc3cc(N)ncn3)cc2)cc(C(F)(F)F)c1. The number of amides is 1. The van der Waals surface area contributed by atoms with Gasteiger partial charge in [0.2, 0.25) is 11.8 Å². The molecule has 0 saturated heterocycles. The summed E-state index contributed by atoms with van der Waals surface area (Å²) in [5, 5.41) is 10.3. The topological polar surface area (TPSA) is 152 Å². The predicted octanol–water partition coefficient (Wildman–Crippen LogP) is 3.01. The van der Waals surface area contributed by atoms with Crippen molar-refractivity contribution in [2.75, 3.05) is 16.6 Å². The van der Waals surface area contributed by atoms with Gasteiger partial charge in [-0.3, -0.25) is 20.9 Å². The number of aromatic nitrogens is 2. The summed E-state index contributed by atoms with van der Waals surface area (Å²) in [5.74, 6) is -0.175. The Morgan fingerprint density at radius 2 is 1.71 bits per heavy atom. The number of benzene rings is 2. The van der Waals surface area contributed by atoms with Crippen molar-refractivity contribution in [1.29, 1.82) is 0 Å². The molecule has 3 rings (SSSR count). The third-order valence-electron chi connectivity index (χ3n) is 3.75. The van der Waals surface area contributed by atoms with Gasteiger partial charge in [-0.25, -0.2) is 9.97 Å². The highest BCUT2D eigenvalue weighted by Crippen LogP contribution is 2.32. The number of carbonyl (C=O) groups excluding carboxylic acids is 1. The van der Waals surface area contributed by atoms with Gasteiger partial charge >= 0.3 is 6.18 Å². The molecule has 1 amide bonds. The number of primary amides is 1. The van der Waals surface area contributed by atoms with Crippen LogP contribution in [0.3, 0.4) is 0 Å². The van der Waals surface area contributed by atoms with Crippen LogP contribution in [0.15, 0.2) is 54.9 Å². The van der Waals surface area contributed by atoms with Gasteiger partial charge in [-0.2, -0.15) is 13.2 Å². The van der Waals surface area contributed by atoms with Gasteiger partial charge in [-0.05, 0) is 47.7 Å². The van der Waals surface area contributed by atoms with Gasteiger partial charge in [0, 0.05) is 11.6 Å². The number of alkyl halides is 3. The quantitative estimate of drug-likeness (QED) is 0.353. The maximum absolute atomic E-state index is 13.0. The molecule has 0 radical (unpaired) electrons. The Balaban J connectivity index is 1.67. The molecule has 10 nitrogen and oxygen atoms in total. The molecule has 0 aliphatic carbocycles. The van der Waals surface area contributed by atoms with Crippen molar-refractivity contribution in [3.05, 3.63) is 66.0 Å². The van der Waals surface area contributed by atoms with E-state index in [0.29, 0.717) is 28.9 Å². The van der Waals surface area contributed by atoms with E-state index in [0.717, 1.165) is 6.07 Å². The van der Waals surface area contributed by atoms with Crippen LogP contribution in [0.5, 0.6) is 11.6 Å². The van der Waals surface area contributed by atoms with E-state index in [1.807, 2.05) is 0 Å². The third kappa shape index (κ3) is 5.94. The number of carbonyl (C=O) groups is 1. The second-order valence-corrected chi connectivity index (χ2v) is 6.10. The monoisotopic (exact) mass is 435 g/mol. The molecule has 0 atom stereocenters. The highest BCUT2D eigenvalue weighted by atomic mass is 19.4. The Bertz CT molecular complexity index is 1080. The minimum atomic E-state index is -4.71. The predicted molar refractivity (Wildman–Crippen MR) is 104 cm³/mol. The van der Waals surface area contributed by atoms with E-state index in [-0.39, 0.29) is 22.9 Å². The van der Waals surface area contributed by atoms with Crippen molar-refractivity contribution in [2.24, 2.45) is 5.73 Å². The molecule has 162 valence electrons. The average Bonchev–Trinajstić information content (AvgIpc) is 2.68. The minimum absolute atomic E-state index is 0.222. The maximum Gasteiger partial charge on any atom is 0.416 e. The lowest BCUT2D eigenvalue weighted by Gasteiger charge is -2.20. The molecule has 0 bridgehead atoms. The Hall–Kier alpha value is -4.10. The van der Waals surface area contributed by atoms with Crippen LogP contribution in [0.1, 0.15) is 15.9 Å². The van der Waals surface area contributed by atoms with Crippen molar-refractivity contribution in [3.63, 3.8) is 0 Å². The number of nitrogens with one attached hydrogen (secondary N) is 2. The van der Waals surface area contributed by atoms with E-state index in [1.54, 1.807) is 12.1 Å². The largest absolute Gasteiger partial charge is 0.439 e. The number of nitrogens with two attached hydrogens (primary N) is 2. The van der Waals surface area contributed by atoms with Crippen molar-refractivity contribution in [2.45, 2.75) is 6.18 Å². The summed E-state index contributed by atoms with van der Waals surface area (Å²) < 4.78 is 44.5. The Labute approximate surface area is 173 Å². The van der Waals surface area contributed by atoms with E-state index in [2.05, 4.69) is 20.8 Å². The summed E-state index contributed by atoms with van der Waals surface area (Å²) in [5.41, 5.74) is 14.0. The summed E-state index contributed by atoms with van der Waals surface area (Å²) >= 11 is 0. The normalized spacial score (nSPS) is 11.3. The fourth-order valence-corrected chi connectivity index (χ4v) is 2.40. The Kier molecular flexibility index (Phi) is 6.08. The fourth-order valence-electron chi connectivity index (χ4n) is 2.40. The first-order valence-electron chi connectivity index (χ1n) is 8.50. The molecule has 1 heterocycles. The van der Waals surface area contributed by atoms with Gasteiger partial charge in [-0.15, -0.1) is 0 Å². The van der Waals surface area contributed by atoms with Crippen LogP contribution in [-0.2, 0) is 6.18 Å². The van der Waals surface area contributed by atoms with Crippen molar-refractivity contribution >= 4 is 23.1 Å². The summed E-state index contributed by atoms with van der Waals surface area (Å²) in [4.78, 5) is 18.9. The number of nitrogens with zero attached hydrogens (tertiary/aromatic N) is 3. The van der Waals surface area contributed by atoms with Gasteiger partial charge in [0.1, 0.15) is 17.9 Å². The summed E-state index contributed by atoms with van der Waals surface area (Å²) in [6, 6.07) is 9.95. The van der Waals surface area contributed by atoms with Crippen LogP contribution < -0.4 is 27.1 Å². The molecule has 0 unspecified atom stereocenters. The van der Waals surface area contributed by atoms with Gasteiger partial charge < -0.3 is 16.2 Å². The number of hydrogen-bond acceptors (Lipinski definition) is 9. The van der Waals surface area contributed by atoms with Crippen molar-refractivity contribution in [1.82, 2.24) is 15.2 Å². The smallest absolute Gasteiger partial charge is 0.416 e. The molecule has 0 saturated carbocycles. The molecule has 0 fully saturated rings. The lowest BCUT2D eigenvalue weighted by atomic mass is 10.1. The molecular weight excluding hydrogens is 419 g/mol. The first-order valence-corrected chi connectivity index (χ1v) is 8.50. The van der Waals surface area contributed by atoms with E-state index in [4.69, 9.17) is 16.2 Å². The summed E-state index contributed by atoms with van der Waals surface area (Å²) in [6.07, 6.45) is -3.47. The van der Waals surface area contributed by atoms with Gasteiger partial charge in [0.05, 0.1) is 16.9 Å². The number of anilines is 3. The maximum atomic E-state index is 13.0. The minimum Gasteiger partial charge on any atom is -0.439 e. The Morgan fingerprint density at radius 1 is 1.03 bits per heavy atom. The number of hydrazine groups is 2. The molecule has 0 aliphatic rings. The van der Waals surface area contributed by atoms with Crippen LogP contribution >= 0.6 is 0 Å². The zero-order valence-corrected chi connectivity index (χ0v) is 15.6. The summed E-state index contributed by atoms with van der Waals surface area (Å²) in [7, 11) is 0. The number of hydrogen-bond donors (Lipinski definition) is 5. The molecule has 31 heavy (non-hydrogen) atoms. The number of halogens is 3. The molecular formula is C18H16F3N7O3. The van der Waals surface area contributed by atoms with E-state index in [9.17, 15) is 23.2 Å². The molecule has 7 N–H and O–H groups in total. The number of ether oxygens (including phenoxy) is 1. The van der Waals surface area contributed by atoms with Crippen LogP contribution in [0.4, 0.5) is 30.4 Å². The highest BCUT2D eigenvalue weighted by Gasteiger charge is 2.31. The molecule has 0 spiro atoms. The first kappa shape index (κ1) is 21.6. The van der Waals surface area contributed by atoms with Crippen molar-refractivity contribution < 1.29 is 27.9 Å². The van der Waals surface area contributed by atoms with Crippen LogP contribution in [0.25, 0.3) is 0 Å². The van der Waals surface area contributed by atoms with Crippen LogP contribution in [0.2, 0.25) is 0 Å². The molecule has 3 aromatic rings. The lowest BCUT2D eigenvalue weighted by Crippen LogP contribution is -2.32. The number of nitrogen functional groups attached to an aromatic ring is 1. The molecule has 0 aliphatic heterocycles. The van der Waals surface area contributed by atoms with E-state index >= 15 is 0 Å². The van der Waals surface area contributed by atoms with E-state index < -0.39 is 17.6 Å². The standard InChI is InChI=1S/C18H16F3N7O3/c19-18(20,21)11-5-10(17(23)29)6-13(7-11)27-28(30)26-12-1-3-14(4-2-12)31-16-8-15(22)24-9-25-16/h1-9,26-27,30H,(H2,23,29)(H2,22,24,25). The second-order valence-electron chi connectivity index (χ2n) is 6.10. The Morgan fingerprint density at radius 3 is 2.32 bits per heavy atom. The molecule has 13 heteroatoms. The van der Waals surface area contributed by atoms with Gasteiger partial charge in [-0.1, -0.05) is 0 Å². The highest BCUT2D eigenvalue weighted by molar-refractivity contribution is 5.94. The van der Waals surface area contributed by atoms with Gasteiger partial charge in [0.25, 0.3) is 0 Å². The lowest BCUT2D eigenvalue weighted by molar-refractivity contribution is -0.137. The number of rotatable bonds is 7. The molecule has 2 aromatic carbocycles. The zero-order chi connectivity index (χ0) is 22.6. The molecule has 1 aromatic heterocycles. The van der Waals surface area contributed by atoms with E-state index in [1.165, 1.54) is 24.5 Å². The first-order chi connectivity index (χ1) is 14.6. The summed E-state index contributed by atoms with van der Waals surface area (Å²) in [6.45, 7) is 0.